The van der Waals surface area contributed by atoms with Gasteiger partial charge in [-0.3, -0.25) is 0 Å². The minimum atomic E-state index is -0.337. The fourth-order valence-electron chi connectivity index (χ4n) is 3.03. The van der Waals surface area contributed by atoms with Crippen molar-refractivity contribution in [1.82, 2.24) is 0 Å². The van der Waals surface area contributed by atoms with Gasteiger partial charge in [-0.15, -0.1) is 0 Å². The number of esters is 1. The van der Waals surface area contributed by atoms with E-state index in [1.54, 1.807) is 19.2 Å². The van der Waals surface area contributed by atoms with Crippen LogP contribution in [0.1, 0.15) is 30.1 Å². The predicted molar refractivity (Wildman–Crippen MR) is 120 cm³/mol. The normalized spacial score (nSPS) is 10.6. The van der Waals surface area contributed by atoms with Crippen LogP contribution in [0.5, 0.6) is 5.75 Å². The molecule has 3 aromatic rings. The Morgan fingerprint density at radius 1 is 0.700 bits per heavy atom. The summed E-state index contributed by atoms with van der Waals surface area (Å²) in [5.41, 5.74) is 4.98. The Morgan fingerprint density at radius 3 is 1.70 bits per heavy atom. The number of unbranched alkanes of at least 4 members (excludes halogenated alkanes) is 1. The topological polar surface area (TPSA) is 44.8 Å². The second kappa shape index (κ2) is 11.2. The van der Waals surface area contributed by atoms with Crippen LogP contribution in [-0.4, -0.2) is 32.9 Å². The number of hydrogen-bond donors (Lipinski definition) is 0. The van der Waals surface area contributed by atoms with Gasteiger partial charge in [-0.05, 0) is 52.9 Å². The van der Waals surface area contributed by atoms with Crippen molar-refractivity contribution in [3.8, 4) is 28.0 Å². The summed E-state index contributed by atoms with van der Waals surface area (Å²) >= 11 is 0. The lowest BCUT2D eigenvalue weighted by atomic mass is 9.99. The van der Waals surface area contributed by atoms with Gasteiger partial charge >= 0.3 is 5.97 Å². The van der Waals surface area contributed by atoms with Crippen LogP contribution in [0.25, 0.3) is 22.3 Å². The molecule has 0 heterocycles. The fraction of sp³-hybridized carbons (Fsp3) is 0.269. The molecule has 0 saturated carbocycles. The van der Waals surface area contributed by atoms with Crippen LogP contribution in [0.4, 0.5) is 0 Å². The van der Waals surface area contributed by atoms with E-state index in [0.717, 1.165) is 47.5 Å². The van der Waals surface area contributed by atoms with Gasteiger partial charge in [0.25, 0.3) is 0 Å². The highest BCUT2D eigenvalue weighted by atomic mass is 16.6. The molecule has 0 spiro atoms. The van der Waals surface area contributed by atoms with Gasteiger partial charge in [0.05, 0.1) is 18.8 Å². The van der Waals surface area contributed by atoms with E-state index >= 15 is 0 Å². The first-order valence-electron chi connectivity index (χ1n) is 10.3. The van der Waals surface area contributed by atoms with Crippen LogP contribution < -0.4 is 4.74 Å². The van der Waals surface area contributed by atoms with Crippen molar-refractivity contribution < 1.29 is 19.0 Å². The highest BCUT2D eigenvalue weighted by Crippen LogP contribution is 2.26. The van der Waals surface area contributed by atoms with Gasteiger partial charge in [0.15, 0.2) is 0 Å². The Hall–Kier alpha value is -3.11. The van der Waals surface area contributed by atoms with Crippen molar-refractivity contribution in [2.75, 3.05) is 26.9 Å². The molecule has 0 aromatic heterocycles. The lowest BCUT2D eigenvalue weighted by molar-refractivity contribution is 0.0388. The Bertz CT molecular complexity index is 913. The zero-order valence-corrected chi connectivity index (χ0v) is 17.6. The van der Waals surface area contributed by atoms with E-state index in [4.69, 9.17) is 14.2 Å². The van der Waals surface area contributed by atoms with Gasteiger partial charge in [0.1, 0.15) is 12.4 Å². The lowest BCUT2D eigenvalue weighted by Crippen LogP contribution is -2.09. The number of ether oxygens (including phenoxy) is 3. The molecule has 0 bridgehead atoms. The first-order valence-corrected chi connectivity index (χ1v) is 10.3. The zero-order valence-electron chi connectivity index (χ0n) is 17.6. The van der Waals surface area contributed by atoms with Crippen LogP contribution in [0.15, 0.2) is 72.8 Å². The van der Waals surface area contributed by atoms with Crippen LogP contribution in [0.3, 0.4) is 0 Å². The average molecular weight is 405 g/mol. The Balaban J connectivity index is 1.63. The van der Waals surface area contributed by atoms with E-state index < -0.39 is 0 Å². The van der Waals surface area contributed by atoms with E-state index in [9.17, 15) is 4.79 Å². The number of rotatable bonds is 10. The Labute approximate surface area is 178 Å². The van der Waals surface area contributed by atoms with Gasteiger partial charge in [-0.25, -0.2) is 4.79 Å². The van der Waals surface area contributed by atoms with Crippen molar-refractivity contribution in [3.05, 3.63) is 78.4 Å². The van der Waals surface area contributed by atoms with E-state index in [1.165, 1.54) is 0 Å². The molecule has 30 heavy (non-hydrogen) atoms. The molecule has 0 aliphatic carbocycles. The van der Waals surface area contributed by atoms with Gasteiger partial charge in [-0.2, -0.15) is 0 Å². The van der Waals surface area contributed by atoms with Crippen molar-refractivity contribution in [2.45, 2.75) is 19.8 Å². The molecule has 0 atom stereocenters. The number of carbonyl (C=O) groups excluding carboxylic acids is 1. The summed E-state index contributed by atoms with van der Waals surface area (Å²) in [4.78, 5) is 12.0. The number of hydrogen-bond acceptors (Lipinski definition) is 4. The highest BCUT2D eigenvalue weighted by Gasteiger charge is 2.07. The molecule has 156 valence electrons. The summed E-state index contributed by atoms with van der Waals surface area (Å²) in [5, 5.41) is 0. The predicted octanol–water partition coefficient (Wildman–Crippen LogP) is 6.00. The zero-order chi connectivity index (χ0) is 21.2. The number of carbonyl (C=O) groups is 1. The van der Waals surface area contributed by atoms with Crippen molar-refractivity contribution in [1.29, 1.82) is 0 Å². The van der Waals surface area contributed by atoms with Crippen LogP contribution in [0.2, 0.25) is 0 Å². The molecule has 0 unspecified atom stereocenters. The van der Waals surface area contributed by atoms with E-state index in [1.807, 2.05) is 24.3 Å². The third-order valence-electron chi connectivity index (χ3n) is 4.81. The minimum absolute atomic E-state index is 0.254. The lowest BCUT2D eigenvalue weighted by Gasteiger charge is -2.08. The molecule has 3 aromatic carbocycles. The number of methoxy groups -OCH3 is 1. The molecular weight excluding hydrogens is 376 g/mol. The quantitative estimate of drug-likeness (QED) is 0.307. The third-order valence-corrected chi connectivity index (χ3v) is 4.81. The molecule has 0 aliphatic rings. The van der Waals surface area contributed by atoms with Crippen LogP contribution in [0, 0.1) is 0 Å². The molecular formula is C26H28O4. The summed E-state index contributed by atoms with van der Waals surface area (Å²) in [7, 11) is 1.58. The standard InChI is InChI=1S/C26H28O4/c1-3-4-17-29-25-15-13-23(14-16-25)21-7-5-20(6-8-21)22-9-11-24(12-10-22)26(27)30-19-18-28-2/h5-16H,3-4,17-19H2,1-2H3. The SMILES string of the molecule is CCCCOc1ccc(-c2ccc(-c3ccc(C(=O)OCCOC)cc3)cc2)cc1. The minimum Gasteiger partial charge on any atom is -0.494 e. The maximum absolute atomic E-state index is 12.0. The van der Waals surface area contributed by atoms with E-state index in [2.05, 4.69) is 43.3 Å². The Morgan fingerprint density at radius 2 is 1.20 bits per heavy atom. The summed E-state index contributed by atoms with van der Waals surface area (Å²) < 4.78 is 15.8. The highest BCUT2D eigenvalue weighted by molar-refractivity contribution is 5.90. The second-order valence-corrected chi connectivity index (χ2v) is 7.01. The first-order chi connectivity index (χ1) is 14.7. The maximum atomic E-state index is 12.0. The van der Waals surface area contributed by atoms with Crippen molar-refractivity contribution >= 4 is 5.97 Å². The molecule has 0 N–H and O–H groups in total. The van der Waals surface area contributed by atoms with Crippen molar-refractivity contribution in [2.24, 2.45) is 0 Å². The summed E-state index contributed by atoms with van der Waals surface area (Å²) in [6.07, 6.45) is 2.20. The molecule has 0 saturated heterocycles. The maximum Gasteiger partial charge on any atom is 0.338 e. The third kappa shape index (κ3) is 5.94. The molecule has 3 rings (SSSR count). The average Bonchev–Trinajstić information content (AvgIpc) is 2.80. The van der Waals surface area contributed by atoms with Crippen LogP contribution >= 0.6 is 0 Å². The van der Waals surface area contributed by atoms with Gasteiger partial charge < -0.3 is 14.2 Å². The van der Waals surface area contributed by atoms with Gasteiger partial charge in [-0.1, -0.05) is 61.9 Å². The summed E-state index contributed by atoms with van der Waals surface area (Å²) in [6, 6.07) is 24.0. The molecule has 4 nitrogen and oxygen atoms in total. The number of benzene rings is 3. The summed E-state index contributed by atoms with van der Waals surface area (Å²) in [6.45, 7) is 3.56. The van der Waals surface area contributed by atoms with Gasteiger partial charge in [0.2, 0.25) is 0 Å². The molecule has 0 radical (unpaired) electrons. The summed E-state index contributed by atoms with van der Waals surface area (Å²) in [5.74, 6) is 0.570. The first kappa shape index (κ1) is 21.6. The van der Waals surface area contributed by atoms with Crippen molar-refractivity contribution in [3.63, 3.8) is 0 Å². The largest absolute Gasteiger partial charge is 0.494 e. The monoisotopic (exact) mass is 404 g/mol. The molecule has 0 amide bonds. The van der Waals surface area contributed by atoms with Gasteiger partial charge in [0, 0.05) is 7.11 Å². The van der Waals surface area contributed by atoms with E-state index in [0.29, 0.717) is 12.2 Å². The van der Waals surface area contributed by atoms with E-state index in [-0.39, 0.29) is 12.6 Å². The molecule has 0 aliphatic heterocycles. The molecule has 0 fully saturated rings. The smallest absolute Gasteiger partial charge is 0.338 e. The Kier molecular flexibility index (Phi) is 8.04. The van der Waals surface area contributed by atoms with Crippen LogP contribution in [-0.2, 0) is 9.47 Å². The molecule has 4 heteroatoms. The fourth-order valence-corrected chi connectivity index (χ4v) is 3.03. The second-order valence-electron chi connectivity index (χ2n) is 7.01.